The second-order valence-electron chi connectivity index (χ2n) is 7.79. The Hall–Kier alpha value is -3.27. The molecule has 0 aromatic heterocycles. The number of sulfonamides is 1. The molecule has 0 spiro atoms. The van der Waals surface area contributed by atoms with E-state index in [0.717, 1.165) is 31.6 Å². The van der Waals surface area contributed by atoms with E-state index in [1.54, 1.807) is 36.4 Å². The molecule has 10 heteroatoms. The third-order valence-corrected chi connectivity index (χ3v) is 6.60. The summed E-state index contributed by atoms with van der Waals surface area (Å²) in [4.78, 5) is 28.0. The Kier molecular flexibility index (Phi) is 6.50. The van der Waals surface area contributed by atoms with Crippen molar-refractivity contribution in [3.63, 3.8) is 0 Å². The van der Waals surface area contributed by atoms with Crippen molar-refractivity contribution in [3.8, 4) is 0 Å². The van der Waals surface area contributed by atoms with E-state index in [2.05, 4.69) is 14.9 Å². The van der Waals surface area contributed by atoms with E-state index in [0.29, 0.717) is 23.6 Å². The van der Waals surface area contributed by atoms with Gasteiger partial charge >= 0.3 is 6.09 Å². The van der Waals surface area contributed by atoms with Crippen LogP contribution in [-0.4, -0.2) is 52.4 Å². The van der Waals surface area contributed by atoms with E-state index in [-0.39, 0.29) is 6.61 Å². The van der Waals surface area contributed by atoms with Crippen molar-refractivity contribution in [1.82, 2.24) is 0 Å². The molecule has 170 valence electrons. The lowest BCUT2D eigenvalue weighted by molar-refractivity contribution is -0.113. The first-order chi connectivity index (χ1) is 15.4. The minimum Gasteiger partial charge on any atom is -0.447 e. The molecular weight excluding hydrogens is 432 g/mol. The topological polar surface area (TPSA) is 108 Å². The normalized spacial score (nSPS) is 16.6. The van der Waals surface area contributed by atoms with E-state index in [1.165, 1.54) is 11.3 Å². The maximum Gasteiger partial charge on any atom is 0.414 e. The highest BCUT2D eigenvalue weighted by Crippen LogP contribution is 2.28. The van der Waals surface area contributed by atoms with Gasteiger partial charge in [-0.15, -0.1) is 0 Å². The first kappa shape index (κ1) is 21.9. The predicted octanol–water partition coefficient (Wildman–Crippen LogP) is 3.01. The van der Waals surface area contributed by atoms with Gasteiger partial charge in [-0.2, -0.15) is 0 Å². The summed E-state index contributed by atoms with van der Waals surface area (Å²) in [5.74, 6) is -1.46. The van der Waals surface area contributed by atoms with Gasteiger partial charge in [0.2, 0.25) is 15.9 Å². The maximum absolute atomic E-state index is 12.5. The largest absolute Gasteiger partial charge is 0.447 e. The summed E-state index contributed by atoms with van der Waals surface area (Å²) in [5.41, 5.74) is 2.26. The minimum atomic E-state index is -3.92. The smallest absolute Gasteiger partial charge is 0.414 e. The van der Waals surface area contributed by atoms with Crippen LogP contribution in [0.3, 0.4) is 0 Å². The van der Waals surface area contributed by atoms with Crippen LogP contribution < -0.4 is 19.8 Å². The number of ether oxygens (including phenoxy) is 1. The number of rotatable bonds is 7. The number of carbonyl (C=O) groups is 2. The van der Waals surface area contributed by atoms with E-state index >= 15 is 0 Å². The molecule has 2 fully saturated rings. The van der Waals surface area contributed by atoms with Crippen LogP contribution in [0.5, 0.6) is 0 Å². The second kappa shape index (κ2) is 9.47. The molecule has 32 heavy (non-hydrogen) atoms. The molecule has 2 N–H and O–H groups in total. The van der Waals surface area contributed by atoms with E-state index in [9.17, 15) is 18.0 Å². The summed E-state index contributed by atoms with van der Waals surface area (Å²) in [5, 5.41) is 2.59. The molecule has 2 heterocycles. The van der Waals surface area contributed by atoms with Gasteiger partial charge in [0.15, 0.2) is 0 Å². The van der Waals surface area contributed by atoms with Crippen molar-refractivity contribution in [1.29, 1.82) is 0 Å². The van der Waals surface area contributed by atoms with Crippen molar-refractivity contribution >= 4 is 44.8 Å². The molecule has 2 amide bonds. The number of benzene rings is 2. The minimum absolute atomic E-state index is 0.260. The van der Waals surface area contributed by atoms with Crippen LogP contribution in [0.4, 0.5) is 27.5 Å². The molecule has 2 aromatic rings. The molecule has 0 bridgehead atoms. The van der Waals surface area contributed by atoms with Crippen LogP contribution in [0.2, 0.25) is 0 Å². The van der Waals surface area contributed by atoms with E-state index < -0.39 is 27.8 Å². The van der Waals surface area contributed by atoms with Crippen molar-refractivity contribution in [3.05, 3.63) is 48.5 Å². The average molecular weight is 459 g/mol. The van der Waals surface area contributed by atoms with E-state index in [4.69, 9.17) is 4.74 Å². The molecule has 4 rings (SSSR count). The lowest BCUT2D eigenvalue weighted by atomic mass is 10.1. The summed E-state index contributed by atoms with van der Waals surface area (Å²) in [6.45, 7) is 2.62. The molecule has 0 radical (unpaired) electrons. The Morgan fingerprint density at radius 2 is 1.69 bits per heavy atom. The monoisotopic (exact) mass is 458 g/mol. The Morgan fingerprint density at radius 3 is 2.38 bits per heavy atom. The molecule has 9 nitrogen and oxygen atoms in total. The summed E-state index contributed by atoms with van der Waals surface area (Å²) in [7, 11) is -3.92. The number of piperidine rings is 1. The molecular formula is C22H26N4O5S. The number of hydrogen-bond acceptors (Lipinski definition) is 6. The summed E-state index contributed by atoms with van der Waals surface area (Å²) < 4.78 is 32.4. The predicted molar refractivity (Wildman–Crippen MR) is 124 cm³/mol. The second-order valence-corrected chi connectivity index (χ2v) is 9.51. The van der Waals surface area contributed by atoms with Gasteiger partial charge in [0.05, 0.1) is 17.9 Å². The van der Waals surface area contributed by atoms with Gasteiger partial charge in [0, 0.05) is 24.5 Å². The molecule has 2 aromatic carbocycles. The third kappa shape index (κ3) is 5.31. The third-order valence-electron chi connectivity index (χ3n) is 5.41. The van der Waals surface area contributed by atoms with Crippen molar-refractivity contribution in [2.24, 2.45) is 0 Å². The van der Waals surface area contributed by atoms with Gasteiger partial charge < -0.3 is 15.0 Å². The number of hydrogen-bond donors (Lipinski definition) is 2. The number of para-hydroxylation sites is 2. The van der Waals surface area contributed by atoms with Crippen LogP contribution in [-0.2, 0) is 19.6 Å². The summed E-state index contributed by atoms with van der Waals surface area (Å²) in [6.07, 6.45) is 3.05. The first-order valence-electron chi connectivity index (χ1n) is 10.6. The Balaban J connectivity index is 1.37. The van der Waals surface area contributed by atoms with Crippen LogP contribution >= 0.6 is 0 Å². The van der Waals surface area contributed by atoms with Crippen LogP contribution in [0.15, 0.2) is 48.5 Å². The molecule has 0 atom stereocenters. The van der Waals surface area contributed by atoms with Gasteiger partial charge in [-0.05, 0) is 55.7 Å². The van der Waals surface area contributed by atoms with Gasteiger partial charge in [-0.25, -0.2) is 13.2 Å². The van der Waals surface area contributed by atoms with Gasteiger partial charge in [-0.1, -0.05) is 12.1 Å². The zero-order valence-electron chi connectivity index (χ0n) is 17.6. The Bertz CT molecular complexity index is 1080. The SMILES string of the molecule is O=C(CS(=O)(=O)Nc1ccc(N2CCCCC2)cc1)Nc1ccccc1N1CCOC1=O. The van der Waals surface area contributed by atoms with Crippen LogP contribution in [0.1, 0.15) is 19.3 Å². The highest BCUT2D eigenvalue weighted by molar-refractivity contribution is 7.93. The lowest BCUT2D eigenvalue weighted by Gasteiger charge is -2.28. The maximum atomic E-state index is 12.5. The van der Waals surface area contributed by atoms with Gasteiger partial charge in [-0.3, -0.25) is 14.4 Å². The number of cyclic esters (lactones) is 1. The van der Waals surface area contributed by atoms with Crippen molar-refractivity contribution < 1.29 is 22.7 Å². The highest BCUT2D eigenvalue weighted by atomic mass is 32.2. The molecule has 2 aliphatic heterocycles. The Labute approximate surface area is 187 Å². The van der Waals surface area contributed by atoms with Crippen LogP contribution in [0, 0.1) is 0 Å². The zero-order valence-corrected chi connectivity index (χ0v) is 18.4. The standard InChI is InChI=1S/C22H26N4O5S/c27-21(23-19-6-2-3-7-20(19)26-14-15-31-22(26)28)16-32(29,30)24-17-8-10-18(11-9-17)25-12-4-1-5-13-25/h2-3,6-11,24H,1,4-5,12-16H2,(H,23,27). The highest BCUT2D eigenvalue weighted by Gasteiger charge is 2.26. The lowest BCUT2D eigenvalue weighted by Crippen LogP contribution is -2.30. The van der Waals surface area contributed by atoms with Crippen molar-refractivity contribution in [2.75, 3.05) is 51.8 Å². The Morgan fingerprint density at radius 1 is 0.969 bits per heavy atom. The number of anilines is 4. The fourth-order valence-corrected chi connectivity index (χ4v) is 4.88. The number of nitrogens with zero attached hydrogens (tertiary/aromatic N) is 2. The zero-order chi connectivity index (χ0) is 22.6. The molecule has 0 aliphatic carbocycles. The quantitative estimate of drug-likeness (QED) is 0.660. The fraction of sp³-hybridized carbons (Fsp3) is 0.364. The summed E-state index contributed by atoms with van der Waals surface area (Å²) >= 11 is 0. The summed E-state index contributed by atoms with van der Waals surface area (Å²) in [6, 6.07) is 13.9. The number of carbonyl (C=O) groups excluding carboxylic acids is 2. The van der Waals surface area contributed by atoms with Crippen molar-refractivity contribution in [2.45, 2.75) is 19.3 Å². The first-order valence-corrected chi connectivity index (χ1v) is 12.3. The van der Waals surface area contributed by atoms with E-state index in [1.807, 2.05) is 12.1 Å². The molecule has 0 saturated carbocycles. The van der Waals surface area contributed by atoms with Gasteiger partial charge in [0.1, 0.15) is 12.4 Å². The van der Waals surface area contributed by atoms with Crippen LogP contribution in [0.25, 0.3) is 0 Å². The van der Waals surface area contributed by atoms with Gasteiger partial charge in [0.25, 0.3) is 0 Å². The molecule has 2 aliphatic rings. The number of nitrogens with one attached hydrogen (secondary N) is 2. The molecule has 2 saturated heterocycles. The number of amides is 2. The average Bonchev–Trinajstić information content (AvgIpc) is 3.20. The fourth-order valence-electron chi connectivity index (χ4n) is 3.89. The molecule has 0 unspecified atom stereocenters.